The molecule has 7 nitrogen and oxygen atoms in total. The van der Waals surface area contributed by atoms with Crippen molar-refractivity contribution in [1.82, 2.24) is 15.2 Å². The average Bonchev–Trinajstić information content (AvgIpc) is 3.36. The summed E-state index contributed by atoms with van der Waals surface area (Å²) in [5.74, 6) is 1.99. The van der Waals surface area contributed by atoms with Gasteiger partial charge in [-0.15, -0.1) is 11.3 Å². The molecule has 1 atom stereocenters. The minimum absolute atomic E-state index is 0.0117. The number of rotatable bonds is 5. The number of furan rings is 1. The van der Waals surface area contributed by atoms with Crippen LogP contribution in [0.25, 0.3) is 0 Å². The summed E-state index contributed by atoms with van der Waals surface area (Å²) < 4.78 is 5.53. The Morgan fingerprint density at radius 1 is 1.27 bits per heavy atom. The van der Waals surface area contributed by atoms with Crippen molar-refractivity contribution in [2.45, 2.75) is 46.6 Å². The summed E-state index contributed by atoms with van der Waals surface area (Å²) in [5.41, 5.74) is 1.14. The molecule has 1 N–H and O–H groups in total. The third-order valence-corrected chi connectivity index (χ3v) is 7.07. The third-order valence-electron chi connectivity index (χ3n) is 5.89. The lowest BCUT2D eigenvalue weighted by molar-refractivity contribution is -0.134. The number of nitrogens with one attached hydrogen (secondary N) is 1. The van der Waals surface area contributed by atoms with Gasteiger partial charge in [0, 0.05) is 42.9 Å². The van der Waals surface area contributed by atoms with Crippen LogP contribution in [-0.4, -0.2) is 47.9 Å². The topological polar surface area (TPSA) is 78.7 Å². The van der Waals surface area contributed by atoms with Gasteiger partial charge in [0.2, 0.25) is 11.8 Å². The van der Waals surface area contributed by atoms with E-state index >= 15 is 0 Å². The molecule has 3 heterocycles. The van der Waals surface area contributed by atoms with Crippen LogP contribution in [0.4, 0.5) is 5.13 Å². The van der Waals surface area contributed by atoms with Crippen LogP contribution in [-0.2, 0) is 29.0 Å². The molecule has 162 valence electrons. The van der Waals surface area contributed by atoms with Gasteiger partial charge in [-0.05, 0) is 38.3 Å². The SMILES string of the molecule is Cc1ccc(CNC(=O)[C@@H]2CCc3nc(N4CCN(C(=O)C(C)C)CC4)sc3C2)o1. The summed E-state index contributed by atoms with van der Waals surface area (Å²) in [7, 11) is 0. The van der Waals surface area contributed by atoms with Crippen molar-refractivity contribution >= 4 is 28.3 Å². The third kappa shape index (κ3) is 4.53. The predicted octanol–water partition coefficient (Wildman–Crippen LogP) is 2.77. The second-order valence-electron chi connectivity index (χ2n) is 8.50. The molecule has 0 radical (unpaired) electrons. The Morgan fingerprint density at radius 3 is 2.70 bits per heavy atom. The van der Waals surface area contributed by atoms with Crippen molar-refractivity contribution in [3.8, 4) is 0 Å². The van der Waals surface area contributed by atoms with Crippen LogP contribution in [0, 0.1) is 18.8 Å². The second kappa shape index (κ2) is 8.79. The lowest BCUT2D eigenvalue weighted by Gasteiger charge is -2.35. The number of piperazine rings is 1. The molecule has 1 aliphatic heterocycles. The molecule has 2 amide bonds. The molecule has 0 aromatic carbocycles. The lowest BCUT2D eigenvalue weighted by Crippen LogP contribution is -2.49. The van der Waals surface area contributed by atoms with Crippen molar-refractivity contribution in [2.75, 3.05) is 31.1 Å². The van der Waals surface area contributed by atoms with Gasteiger partial charge in [0.05, 0.1) is 12.2 Å². The molecular formula is C22H30N4O3S. The Balaban J connectivity index is 1.32. The quantitative estimate of drug-likeness (QED) is 0.789. The number of anilines is 1. The summed E-state index contributed by atoms with van der Waals surface area (Å²) in [6.45, 7) is 9.37. The van der Waals surface area contributed by atoms with Crippen molar-refractivity contribution in [1.29, 1.82) is 0 Å². The first-order valence-corrected chi connectivity index (χ1v) is 11.6. The highest BCUT2D eigenvalue weighted by molar-refractivity contribution is 7.15. The van der Waals surface area contributed by atoms with E-state index in [1.807, 2.05) is 37.8 Å². The summed E-state index contributed by atoms with van der Waals surface area (Å²) in [6.07, 6.45) is 2.42. The standard InChI is InChI=1S/C22H30N4O3S/c1-14(2)21(28)25-8-10-26(11-9-25)22-24-18-7-5-16(12-19(18)30-22)20(27)23-13-17-6-4-15(3)29-17/h4,6,14,16H,5,7-13H2,1-3H3,(H,23,27)/t16-/m1/s1. The van der Waals surface area contributed by atoms with Crippen LogP contribution in [0.1, 0.15) is 42.4 Å². The Morgan fingerprint density at radius 2 is 2.03 bits per heavy atom. The number of hydrogen-bond acceptors (Lipinski definition) is 6. The molecule has 1 saturated heterocycles. The summed E-state index contributed by atoms with van der Waals surface area (Å²) in [5, 5.41) is 4.04. The highest BCUT2D eigenvalue weighted by Gasteiger charge is 2.30. The fourth-order valence-corrected chi connectivity index (χ4v) is 5.34. The van der Waals surface area contributed by atoms with Crippen LogP contribution < -0.4 is 10.2 Å². The van der Waals surface area contributed by atoms with Gasteiger partial charge >= 0.3 is 0 Å². The van der Waals surface area contributed by atoms with Crippen molar-refractivity contribution in [3.05, 3.63) is 34.2 Å². The monoisotopic (exact) mass is 430 g/mol. The molecular weight excluding hydrogens is 400 g/mol. The molecule has 1 fully saturated rings. The number of aromatic nitrogens is 1. The number of carbonyl (C=O) groups is 2. The van der Waals surface area contributed by atoms with E-state index in [1.165, 1.54) is 4.88 Å². The fraction of sp³-hybridized carbons (Fsp3) is 0.591. The molecule has 4 rings (SSSR count). The molecule has 0 unspecified atom stereocenters. The number of amides is 2. The van der Waals surface area contributed by atoms with Gasteiger partial charge in [-0.25, -0.2) is 4.98 Å². The van der Waals surface area contributed by atoms with Gasteiger partial charge in [-0.2, -0.15) is 0 Å². The minimum Gasteiger partial charge on any atom is -0.465 e. The molecule has 1 aliphatic carbocycles. The lowest BCUT2D eigenvalue weighted by atomic mass is 9.90. The second-order valence-corrected chi connectivity index (χ2v) is 9.57. The first-order valence-electron chi connectivity index (χ1n) is 10.8. The first-order chi connectivity index (χ1) is 14.4. The Bertz CT molecular complexity index is 911. The van der Waals surface area contributed by atoms with E-state index in [2.05, 4.69) is 10.2 Å². The molecule has 2 aromatic rings. The highest BCUT2D eigenvalue weighted by atomic mass is 32.1. The average molecular weight is 431 g/mol. The zero-order valence-electron chi connectivity index (χ0n) is 17.9. The van der Waals surface area contributed by atoms with E-state index in [0.717, 1.165) is 67.8 Å². The molecule has 2 aromatic heterocycles. The molecule has 0 saturated carbocycles. The smallest absolute Gasteiger partial charge is 0.225 e. The van der Waals surface area contributed by atoms with E-state index in [1.54, 1.807) is 11.3 Å². The maximum Gasteiger partial charge on any atom is 0.225 e. The summed E-state index contributed by atoms with van der Waals surface area (Å²) >= 11 is 1.71. The molecule has 8 heteroatoms. The van der Waals surface area contributed by atoms with Gasteiger partial charge in [-0.3, -0.25) is 9.59 Å². The van der Waals surface area contributed by atoms with E-state index in [9.17, 15) is 9.59 Å². The molecule has 2 aliphatic rings. The highest BCUT2D eigenvalue weighted by Crippen LogP contribution is 2.34. The van der Waals surface area contributed by atoms with E-state index in [4.69, 9.17) is 9.40 Å². The zero-order chi connectivity index (χ0) is 21.3. The summed E-state index contributed by atoms with van der Waals surface area (Å²) in [6, 6.07) is 3.81. The van der Waals surface area contributed by atoms with Gasteiger partial charge in [-0.1, -0.05) is 13.8 Å². The van der Waals surface area contributed by atoms with Crippen molar-refractivity contribution in [2.24, 2.45) is 11.8 Å². The minimum atomic E-state index is -0.0117. The first kappa shape index (κ1) is 20.9. The van der Waals surface area contributed by atoms with Crippen LogP contribution in [0.15, 0.2) is 16.5 Å². The maximum atomic E-state index is 12.6. The number of fused-ring (bicyclic) bond motifs is 1. The number of aryl methyl sites for hydroxylation is 2. The van der Waals surface area contributed by atoms with Crippen LogP contribution in [0.2, 0.25) is 0 Å². The van der Waals surface area contributed by atoms with Gasteiger partial charge in [0.25, 0.3) is 0 Å². The number of hydrogen-bond donors (Lipinski definition) is 1. The molecule has 0 spiro atoms. The van der Waals surface area contributed by atoms with Gasteiger partial charge in [0.1, 0.15) is 11.5 Å². The Hall–Kier alpha value is -2.35. The van der Waals surface area contributed by atoms with Crippen LogP contribution in [0.5, 0.6) is 0 Å². The van der Waals surface area contributed by atoms with Gasteiger partial charge < -0.3 is 19.5 Å². The normalized spacial score (nSPS) is 19.1. The Labute approximate surface area is 181 Å². The van der Waals surface area contributed by atoms with Crippen molar-refractivity contribution < 1.29 is 14.0 Å². The fourth-order valence-electron chi connectivity index (χ4n) is 4.10. The summed E-state index contributed by atoms with van der Waals surface area (Å²) in [4.78, 5) is 35.2. The molecule has 30 heavy (non-hydrogen) atoms. The maximum absolute atomic E-state index is 12.6. The molecule has 0 bridgehead atoms. The van der Waals surface area contributed by atoms with Crippen molar-refractivity contribution in [3.63, 3.8) is 0 Å². The van der Waals surface area contributed by atoms with E-state index in [0.29, 0.717) is 6.54 Å². The largest absolute Gasteiger partial charge is 0.465 e. The zero-order valence-corrected chi connectivity index (χ0v) is 18.8. The van der Waals surface area contributed by atoms with E-state index in [-0.39, 0.29) is 23.7 Å². The predicted molar refractivity (Wildman–Crippen MR) is 117 cm³/mol. The van der Waals surface area contributed by atoms with Gasteiger partial charge in [0.15, 0.2) is 5.13 Å². The van der Waals surface area contributed by atoms with Crippen LogP contribution >= 0.6 is 11.3 Å². The number of carbonyl (C=O) groups excluding carboxylic acids is 2. The Kier molecular flexibility index (Phi) is 6.13. The number of nitrogens with zero attached hydrogens (tertiary/aromatic N) is 3. The number of thiazole rings is 1. The van der Waals surface area contributed by atoms with Crippen LogP contribution in [0.3, 0.4) is 0 Å². The van der Waals surface area contributed by atoms with E-state index < -0.39 is 0 Å².